The largest absolute Gasteiger partial charge is 0.370 e. The Balaban J connectivity index is 2.97. The highest BCUT2D eigenvalue weighted by Gasteiger charge is 2.24. The molecule has 0 radical (unpaired) electrons. The minimum absolute atomic E-state index is 0.125. The highest BCUT2D eigenvalue weighted by atomic mass is 79.9. The van der Waals surface area contributed by atoms with Gasteiger partial charge in [0.25, 0.3) is 0 Å². The van der Waals surface area contributed by atoms with Gasteiger partial charge in [0.05, 0.1) is 6.54 Å². The molecular formula is C15H24BrN3. The van der Waals surface area contributed by atoms with E-state index in [2.05, 4.69) is 66.8 Å². The smallest absolute Gasteiger partial charge is 0.186 e. The average Bonchev–Trinajstić information content (AvgIpc) is 2.24. The maximum absolute atomic E-state index is 5.35. The van der Waals surface area contributed by atoms with Gasteiger partial charge in [-0.25, -0.2) is 4.99 Å². The van der Waals surface area contributed by atoms with Crippen LogP contribution in [0.5, 0.6) is 0 Å². The summed E-state index contributed by atoms with van der Waals surface area (Å²) in [6.45, 7) is 9.59. The highest BCUT2D eigenvalue weighted by Crippen LogP contribution is 2.35. The van der Waals surface area contributed by atoms with Crippen molar-refractivity contribution < 1.29 is 0 Å². The molecule has 0 unspecified atom stereocenters. The van der Waals surface area contributed by atoms with Gasteiger partial charge in [-0.05, 0) is 34.9 Å². The van der Waals surface area contributed by atoms with Gasteiger partial charge >= 0.3 is 0 Å². The molecule has 19 heavy (non-hydrogen) atoms. The zero-order chi connectivity index (χ0) is 14.6. The first-order valence-electron chi connectivity index (χ1n) is 6.56. The predicted molar refractivity (Wildman–Crippen MR) is 86.1 cm³/mol. The van der Waals surface area contributed by atoms with Gasteiger partial charge in [0.1, 0.15) is 0 Å². The molecule has 0 atom stereocenters. The first-order valence-corrected chi connectivity index (χ1v) is 7.36. The van der Waals surface area contributed by atoms with E-state index in [-0.39, 0.29) is 11.4 Å². The fraction of sp³-hybridized carbons (Fsp3) is 0.533. The summed E-state index contributed by atoms with van der Waals surface area (Å²) in [6.07, 6.45) is 1.15. The molecule has 0 amide bonds. The number of guanidine groups is 1. The van der Waals surface area contributed by atoms with Crippen molar-refractivity contribution in [3.63, 3.8) is 0 Å². The lowest BCUT2D eigenvalue weighted by atomic mass is 9.78. The maximum atomic E-state index is 5.35. The number of benzene rings is 1. The van der Waals surface area contributed by atoms with E-state index < -0.39 is 0 Å². The quantitative estimate of drug-likeness (QED) is 0.642. The van der Waals surface area contributed by atoms with Crippen LogP contribution in [0.1, 0.15) is 45.2 Å². The molecule has 0 saturated carbocycles. The van der Waals surface area contributed by atoms with Crippen LogP contribution in [0.3, 0.4) is 0 Å². The van der Waals surface area contributed by atoms with Gasteiger partial charge < -0.3 is 11.5 Å². The van der Waals surface area contributed by atoms with Gasteiger partial charge in [0.15, 0.2) is 5.96 Å². The van der Waals surface area contributed by atoms with Gasteiger partial charge in [-0.3, -0.25) is 0 Å². The lowest BCUT2D eigenvalue weighted by Gasteiger charge is -2.28. The van der Waals surface area contributed by atoms with Crippen LogP contribution < -0.4 is 11.5 Å². The minimum Gasteiger partial charge on any atom is -0.370 e. The molecule has 0 spiro atoms. The second-order valence-corrected chi connectivity index (χ2v) is 6.89. The summed E-state index contributed by atoms with van der Waals surface area (Å²) in [4.78, 5) is 4.03. The molecule has 0 aliphatic heterocycles. The van der Waals surface area contributed by atoms with Crippen molar-refractivity contribution in [1.82, 2.24) is 0 Å². The number of rotatable bonds is 5. The second kappa shape index (κ2) is 6.42. The molecule has 106 valence electrons. The third kappa shape index (κ3) is 4.86. The number of nitrogens with zero attached hydrogens (tertiary/aromatic N) is 1. The summed E-state index contributed by atoms with van der Waals surface area (Å²) in [7, 11) is 0. The number of aliphatic imine (C=N–C) groups is 1. The fourth-order valence-corrected chi connectivity index (χ4v) is 3.48. The van der Waals surface area contributed by atoms with Crippen LogP contribution in [-0.4, -0.2) is 5.96 Å². The van der Waals surface area contributed by atoms with E-state index in [1.807, 2.05) is 0 Å². The standard InChI is InChI=1S/C15H24BrN3/c1-10(2)8-15(3,4)12-6-5-11(7-13(12)16)9-19-14(17)18/h5-7,10H,8-9H2,1-4H3,(H4,17,18,19). The summed E-state index contributed by atoms with van der Waals surface area (Å²) < 4.78 is 1.13. The molecule has 1 rings (SSSR count). The number of hydrogen-bond acceptors (Lipinski definition) is 1. The molecule has 0 aliphatic carbocycles. The van der Waals surface area contributed by atoms with Gasteiger partial charge in [0, 0.05) is 4.47 Å². The molecule has 0 fully saturated rings. The monoisotopic (exact) mass is 325 g/mol. The zero-order valence-electron chi connectivity index (χ0n) is 12.2. The lowest BCUT2D eigenvalue weighted by molar-refractivity contribution is 0.398. The first kappa shape index (κ1) is 16.0. The van der Waals surface area contributed by atoms with E-state index >= 15 is 0 Å². The van der Waals surface area contributed by atoms with E-state index in [1.165, 1.54) is 5.56 Å². The van der Waals surface area contributed by atoms with E-state index in [0.29, 0.717) is 12.5 Å². The summed E-state index contributed by atoms with van der Waals surface area (Å²) in [6, 6.07) is 6.36. The van der Waals surface area contributed by atoms with Crippen molar-refractivity contribution in [2.75, 3.05) is 0 Å². The highest BCUT2D eigenvalue weighted by molar-refractivity contribution is 9.10. The topological polar surface area (TPSA) is 64.4 Å². The van der Waals surface area contributed by atoms with Crippen LogP contribution in [0.4, 0.5) is 0 Å². The molecule has 1 aromatic rings. The number of hydrogen-bond donors (Lipinski definition) is 2. The third-order valence-corrected chi connectivity index (χ3v) is 3.78. The van der Waals surface area contributed by atoms with Gasteiger partial charge in [-0.2, -0.15) is 0 Å². The summed E-state index contributed by atoms with van der Waals surface area (Å²) in [5.74, 6) is 0.795. The molecule has 0 aromatic heterocycles. The Hall–Kier alpha value is -1.03. The Morgan fingerprint density at radius 1 is 1.32 bits per heavy atom. The summed E-state index contributed by atoms with van der Waals surface area (Å²) in [5, 5.41) is 0. The predicted octanol–water partition coefficient (Wildman–Crippen LogP) is 3.55. The minimum atomic E-state index is 0.125. The van der Waals surface area contributed by atoms with Crippen LogP contribution in [0.25, 0.3) is 0 Å². The third-order valence-electron chi connectivity index (χ3n) is 3.13. The fourth-order valence-electron chi connectivity index (χ4n) is 2.52. The van der Waals surface area contributed by atoms with Crippen LogP contribution in [0, 0.1) is 5.92 Å². The number of nitrogens with two attached hydrogens (primary N) is 2. The second-order valence-electron chi connectivity index (χ2n) is 6.04. The summed E-state index contributed by atoms with van der Waals surface area (Å²) in [5.41, 5.74) is 13.3. The van der Waals surface area contributed by atoms with Gasteiger partial charge in [-0.15, -0.1) is 0 Å². The zero-order valence-corrected chi connectivity index (χ0v) is 13.8. The summed E-state index contributed by atoms with van der Waals surface area (Å²) >= 11 is 3.67. The first-order chi connectivity index (χ1) is 8.72. The molecule has 3 nitrogen and oxygen atoms in total. The van der Waals surface area contributed by atoms with Crippen LogP contribution in [0.2, 0.25) is 0 Å². The Kier molecular flexibility index (Phi) is 5.41. The van der Waals surface area contributed by atoms with Crippen LogP contribution in [-0.2, 0) is 12.0 Å². The van der Waals surface area contributed by atoms with Crippen molar-refractivity contribution in [2.24, 2.45) is 22.4 Å². The Labute approximate surface area is 124 Å². The van der Waals surface area contributed by atoms with Crippen molar-refractivity contribution in [1.29, 1.82) is 0 Å². The van der Waals surface area contributed by atoms with Crippen molar-refractivity contribution in [3.05, 3.63) is 33.8 Å². The van der Waals surface area contributed by atoms with Gasteiger partial charge in [-0.1, -0.05) is 55.8 Å². The van der Waals surface area contributed by atoms with Crippen molar-refractivity contribution in [3.8, 4) is 0 Å². The molecule has 1 aromatic carbocycles. The van der Waals surface area contributed by atoms with Crippen LogP contribution in [0.15, 0.2) is 27.7 Å². The van der Waals surface area contributed by atoms with E-state index in [1.54, 1.807) is 0 Å². The maximum Gasteiger partial charge on any atom is 0.186 e. The SMILES string of the molecule is CC(C)CC(C)(C)c1ccc(CN=C(N)N)cc1Br. The van der Waals surface area contributed by atoms with Crippen LogP contribution >= 0.6 is 15.9 Å². The molecular weight excluding hydrogens is 302 g/mol. The van der Waals surface area contributed by atoms with Crippen molar-refractivity contribution in [2.45, 2.75) is 46.1 Å². The molecule has 4 heteroatoms. The average molecular weight is 326 g/mol. The molecule has 0 heterocycles. The normalized spacial score (nSPS) is 11.7. The van der Waals surface area contributed by atoms with E-state index in [0.717, 1.165) is 16.5 Å². The van der Waals surface area contributed by atoms with Gasteiger partial charge in [0.2, 0.25) is 0 Å². The Morgan fingerprint density at radius 3 is 2.42 bits per heavy atom. The lowest BCUT2D eigenvalue weighted by Crippen LogP contribution is -2.22. The van der Waals surface area contributed by atoms with E-state index in [4.69, 9.17) is 11.5 Å². The molecule has 0 bridgehead atoms. The molecule has 0 saturated heterocycles. The molecule has 0 aliphatic rings. The Morgan fingerprint density at radius 2 is 1.95 bits per heavy atom. The van der Waals surface area contributed by atoms with E-state index in [9.17, 15) is 0 Å². The van der Waals surface area contributed by atoms with Crippen molar-refractivity contribution >= 4 is 21.9 Å². The Bertz CT molecular complexity index is 460. The molecule has 4 N–H and O–H groups in total. The number of halogens is 1.